The van der Waals surface area contributed by atoms with Gasteiger partial charge in [0.2, 0.25) is 0 Å². The van der Waals surface area contributed by atoms with E-state index in [2.05, 4.69) is 13.8 Å². The van der Waals surface area contributed by atoms with Crippen molar-refractivity contribution in [2.24, 2.45) is 5.92 Å². The summed E-state index contributed by atoms with van der Waals surface area (Å²) in [6, 6.07) is 4.42. The minimum absolute atomic E-state index is 0.0119. The Morgan fingerprint density at radius 3 is 2.56 bits per heavy atom. The van der Waals surface area contributed by atoms with Crippen LogP contribution in [0.25, 0.3) is 0 Å². The summed E-state index contributed by atoms with van der Waals surface area (Å²) in [6.07, 6.45) is 0.816. The lowest BCUT2D eigenvalue weighted by Crippen LogP contribution is -2.09. The fraction of sp³-hybridized carbons (Fsp3) is 0.538. The average molecular weight is 226 g/mol. The van der Waals surface area contributed by atoms with Gasteiger partial charge in [0.05, 0.1) is 13.7 Å². The van der Waals surface area contributed by atoms with Crippen molar-refractivity contribution in [1.29, 1.82) is 0 Å². The van der Waals surface area contributed by atoms with Gasteiger partial charge in [0, 0.05) is 11.5 Å². The van der Waals surface area contributed by atoms with Crippen molar-refractivity contribution < 1.29 is 14.2 Å². The number of halogens is 1. The highest BCUT2D eigenvalue weighted by Crippen LogP contribution is 2.31. The molecule has 0 aliphatic heterocycles. The highest BCUT2D eigenvalue weighted by Gasteiger charge is 2.17. The molecule has 1 aromatic carbocycles. The van der Waals surface area contributed by atoms with Crippen LogP contribution in [-0.4, -0.2) is 18.8 Å². The molecule has 90 valence electrons. The first-order chi connectivity index (χ1) is 7.58. The number of benzene rings is 1. The van der Waals surface area contributed by atoms with Crippen LogP contribution in [0.5, 0.6) is 5.75 Å². The first-order valence-corrected chi connectivity index (χ1v) is 5.52. The molecule has 0 bridgehead atoms. The SMILES string of the molecule is COc1ccc(F)cc1C(CO)CC(C)C. The third-order valence-electron chi connectivity index (χ3n) is 2.61. The third kappa shape index (κ3) is 3.20. The molecule has 1 N–H and O–H groups in total. The van der Waals surface area contributed by atoms with Gasteiger partial charge in [0.25, 0.3) is 0 Å². The second-order valence-corrected chi connectivity index (χ2v) is 4.40. The number of aliphatic hydroxyl groups excluding tert-OH is 1. The predicted octanol–water partition coefficient (Wildman–Crippen LogP) is 2.96. The maximum Gasteiger partial charge on any atom is 0.123 e. The predicted molar refractivity (Wildman–Crippen MR) is 62.2 cm³/mol. The molecule has 0 aliphatic carbocycles. The summed E-state index contributed by atoms with van der Waals surface area (Å²) in [5, 5.41) is 9.36. The zero-order chi connectivity index (χ0) is 12.1. The van der Waals surface area contributed by atoms with E-state index in [-0.39, 0.29) is 18.3 Å². The third-order valence-corrected chi connectivity index (χ3v) is 2.61. The minimum atomic E-state index is -0.294. The molecule has 1 atom stereocenters. The Morgan fingerprint density at radius 1 is 1.38 bits per heavy atom. The molecular weight excluding hydrogens is 207 g/mol. The van der Waals surface area contributed by atoms with E-state index in [1.54, 1.807) is 13.2 Å². The normalized spacial score (nSPS) is 12.9. The summed E-state index contributed by atoms with van der Waals surface area (Å²) < 4.78 is 18.4. The molecule has 0 amide bonds. The molecule has 2 nitrogen and oxygen atoms in total. The van der Waals surface area contributed by atoms with E-state index in [1.165, 1.54) is 12.1 Å². The summed E-state index contributed by atoms with van der Waals surface area (Å²) in [6.45, 7) is 4.17. The molecule has 16 heavy (non-hydrogen) atoms. The van der Waals surface area contributed by atoms with Gasteiger partial charge in [-0.05, 0) is 30.5 Å². The van der Waals surface area contributed by atoms with Crippen LogP contribution in [0.3, 0.4) is 0 Å². The van der Waals surface area contributed by atoms with Crippen LogP contribution in [0.15, 0.2) is 18.2 Å². The zero-order valence-electron chi connectivity index (χ0n) is 10.0. The summed E-state index contributed by atoms with van der Waals surface area (Å²) in [5.41, 5.74) is 0.749. The van der Waals surface area contributed by atoms with Gasteiger partial charge >= 0.3 is 0 Å². The van der Waals surface area contributed by atoms with Crippen molar-refractivity contribution in [2.75, 3.05) is 13.7 Å². The van der Waals surface area contributed by atoms with Crippen molar-refractivity contribution in [3.05, 3.63) is 29.6 Å². The molecule has 0 spiro atoms. The standard InChI is InChI=1S/C13H19FO2/c1-9(2)6-10(8-15)12-7-11(14)4-5-13(12)16-3/h4-5,7,9-10,15H,6,8H2,1-3H3. The molecule has 0 aliphatic rings. The fourth-order valence-corrected chi connectivity index (χ4v) is 1.89. The Morgan fingerprint density at radius 2 is 2.06 bits per heavy atom. The van der Waals surface area contributed by atoms with Crippen LogP contribution in [0.4, 0.5) is 4.39 Å². The van der Waals surface area contributed by atoms with Gasteiger partial charge in [0.15, 0.2) is 0 Å². The summed E-state index contributed by atoms with van der Waals surface area (Å²) >= 11 is 0. The van der Waals surface area contributed by atoms with Crippen LogP contribution in [0, 0.1) is 11.7 Å². The Labute approximate surface area is 96.1 Å². The lowest BCUT2D eigenvalue weighted by Gasteiger charge is -2.19. The molecule has 0 saturated heterocycles. The van der Waals surface area contributed by atoms with Gasteiger partial charge in [-0.1, -0.05) is 13.8 Å². The molecule has 0 heterocycles. The van der Waals surface area contributed by atoms with E-state index in [0.717, 1.165) is 12.0 Å². The minimum Gasteiger partial charge on any atom is -0.496 e. The van der Waals surface area contributed by atoms with Crippen molar-refractivity contribution >= 4 is 0 Å². The van der Waals surface area contributed by atoms with Crippen molar-refractivity contribution in [2.45, 2.75) is 26.2 Å². The van der Waals surface area contributed by atoms with E-state index in [1.807, 2.05) is 0 Å². The van der Waals surface area contributed by atoms with E-state index in [9.17, 15) is 9.50 Å². The number of hydrogen-bond acceptors (Lipinski definition) is 2. The van der Waals surface area contributed by atoms with Gasteiger partial charge in [-0.25, -0.2) is 4.39 Å². The molecule has 0 saturated carbocycles. The Bertz CT molecular complexity index is 337. The maximum absolute atomic E-state index is 13.2. The van der Waals surface area contributed by atoms with Crippen molar-refractivity contribution in [1.82, 2.24) is 0 Å². The van der Waals surface area contributed by atoms with Crippen LogP contribution >= 0.6 is 0 Å². The fourth-order valence-electron chi connectivity index (χ4n) is 1.89. The van der Waals surface area contributed by atoms with Gasteiger partial charge < -0.3 is 9.84 Å². The molecule has 0 radical (unpaired) electrons. The molecular formula is C13H19FO2. The van der Waals surface area contributed by atoms with Crippen molar-refractivity contribution in [3.63, 3.8) is 0 Å². The maximum atomic E-state index is 13.2. The second-order valence-electron chi connectivity index (χ2n) is 4.40. The van der Waals surface area contributed by atoms with Gasteiger partial charge in [-0.15, -0.1) is 0 Å². The van der Waals surface area contributed by atoms with Gasteiger partial charge in [-0.2, -0.15) is 0 Å². The Hall–Kier alpha value is -1.09. The topological polar surface area (TPSA) is 29.5 Å². The lowest BCUT2D eigenvalue weighted by atomic mass is 9.90. The second kappa shape index (κ2) is 5.85. The van der Waals surface area contributed by atoms with Crippen LogP contribution < -0.4 is 4.74 Å². The number of ether oxygens (including phenoxy) is 1. The first kappa shape index (κ1) is 13.0. The quantitative estimate of drug-likeness (QED) is 0.836. The monoisotopic (exact) mass is 226 g/mol. The van der Waals surface area contributed by atoms with Gasteiger partial charge in [0.1, 0.15) is 11.6 Å². The Kier molecular flexibility index (Phi) is 4.74. The van der Waals surface area contributed by atoms with E-state index in [4.69, 9.17) is 4.74 Å². The highest BCUT2D eigenvalue weighted by molar-refractivity contribution is 5.37. The molecule has 1 aromatic rings. The molecule has 0 fully saturated rings. The Balaban J connectivity index is 3.02. The lowest BCUT2D eigenvalue weighted by molar-refractivity contribution is 0.245. The van der Waals surface area contributed by atoms with Crippen LogP contribution in [0.1, 0.15) is 31.7 Å². The molecule has 0 aromatic heterocycles. The number of hydrogen-bond donors (Lipinski definition) is 1. The van der Waals surface area contributed by atoms with Gasteiger partial charge in [-0.3, -0.25) is 0 Å². The summed E-state index contributed by atoms with van der Waals surface area (Å²) in [7, 11) is 1.56. The average Bonchev–Trinajstić information content (AvgIpc) is 2.25. The number of rotatable bonds is 5. The highest BCUT2D eigenvalue weighted by atomic mass is 19.1. The zero-order valence-corrected chi connectivity index (χ0v) is 10.0. The van der Waals surface area contributed by atoms with E-state index in [0.29, 0.717) is 11.7 Å². The molecule has 3 heteroatoms. The van der Waals surface area contributed by atoms with Crippen LogP contribution in [-0.2, 0) is 0 Å². The number of methoxy groups -OCH3 is 1. The van der Waals surface area contributed by atoms with Crippen LogP contribution in [0.2, 0.25) is 0 Å². The van der Waals surface area contributed by atoms with E-state index < -0.39 is 0 Å². The van der Waals surface area contributed by atoms with E-state index >= 15 is 0 Å². The number of aliphatic hydroxyl groups is 1. The smallest absolute Gasteiger partial charge is 0.123 e. The summed E-state index contributed by atoms with van der Waals surface area (Å²) in [5.74, 6) is 0.731. The molecule has 1 unspecified atom stereocenters. The first-order valence-electron chi connectivity index (χ1n) is 5.52. The molecule has 1 rings (SSSR count). The summed E-state index contributed by atoms with van der Waals surface area (Å²) in [4.78, 5) is 0. The largest absolute Gasteiger partial charge is 0.496 e. The van der Waals surface area contributed by atoms with Crippen molar-refractivity contribution in [3.8, 4) is 5.75 Å².